The van der Waals surface area contributed by atoms with Crippen LogP contribution < -0.4 is 16.0 Å². The normalized spacial score (nSPS) is 18.5. The van der Waals surface area contributed by atoms with E-state index >= 15 is 0 Å². The number of nitrogens with zero attached hydrogens (tertiary/aromatic N) is 2. The minimum Gasteiger partial charge on any atom is -0.365 e. The highest BCUT2D eigenvalue weighted by molar-refractivity contribution is 9.10. The van der Waals surface area contributed by atoms with Crippen molar-refractivity contribution in [3.8, 4) is 0 Å². The highest BCUT2D eigenvalue weighted by Gasteiger charge is 2.33. The molecule has 1 aliphatic rings. The SMILES string of the molecule is CCCNC(=O)[C@H]1CCC[C@H]1Nc1nc(Nc2cccc(C=O)c2)ncc1Br. The Labute approximate surface area is 172 Å². The van der Waals surface area contributed by atoms with Crippen LogP contribution in [-0.4, -0.2) is 34.7 Å². The lowest BCUT2D eigenvalue weighted by Gasteiger charge is -2.21. The van der Waals surface area contributed by atoms with Gasteiger partial charge in [0.1, 0.15) is 12.1 Å². The Hall–Kier alpha value is -2.48. The maximum atomic E-state index is 12.4. The monoisotopic (exact) mass is 445 g/mol. The molecule has 1 aromatic carbocycles. The van der Waals surface area contributed by atoms with E-state index in [0.717, 1.165) is 42.1 Å². The average Bonchev–Trinajstić information content (AvgIpc) is 3.17. The van der Waals surface area contributed by atoms with Crippen LogP contribution in [0.3, 0.4) is 0 Å². The summed E-state index contributed by atoms with van der Waals surface area (Å²) in [6, 6.07) is 7.14. The van der Waals surface area contributed by atoms with Crippen molar-refractivity contribution in [2.45, 2.75) is 38.6 Å². The number of aldehydes is 1. The number of hydrogen-bond donors (Lipinski definition) is 3. The Balaban J connectivity index is 1.72. The minimum absolute atomic E-state index is 0.0364. The molecular formula is C20H24BrN5O2. The van der Waals surface area contributed by atoms with Gasteiger partial charge < -0.3 is 16.0 Å². The van der Waals surface area contributed by atoms with Gasteiger partial charge in [0, 0.05) is 30.0 Å². The molecule has 1 fully saturated rings. The molecule has 7 nitrogen and oxygen atoms in total. The molecule has 1 aliphatic carbocycles. The summed E-state index contributed by atoms with van der Waals surface area (Å²) in [5, 5.41) is 9.52. The fourth-order valence-electron chi connectivity index (χ4n) is 3.35. The maximum Gasteiger partial charge on any atom is 0.229 e. The smallest absolute Gasteiger partial charge is 0.229 e. The molecule has 0 radical (unpaired) electrons. The predicted octanol–water partition coefficient (Wildman–Crippen LogP) is 3.90. The van der Waals surface area contributed by atoms with E-state index in [1.807, 2.05) is 13.0 Å². The van der Waals surface area contributed by atoms with Crippen LogP contribution in [0.1, 0.15) is 43.0 Å². The summed E-state index contributed by atoms with van der Waals surface area (Å²) in [6.07, 6.45) is 6.19. The van der Waals surface area contributed by atoms with Crippen LogP contribution in [0.4, 0.5) is 17.5 Å². The van der Waals surface area contributed by atoms with Gasteiger partial charge in [-0.15, -0.1) is 0 Å². The number of amides is 1. The lowest BCUT2D eigenvalue weighted by atomic mass is 10.0. The van der Waals surface area contributed by atoms with E-state index in [1.165, 1.54) is 0 Å². The van der Waals surface area contributed by atoms with E-state index in [4.69, 9.17) is 0 Å². The van der Waals surface area contributed by atoms with Gasteiger partial charge in [0.05, 0.1) is 10.4 Å². The highest BCUT2D eigenvalue weighted by atomic mass is 79.9. The fourth-order valence-corrected chi connectivity index (χ4v) is 3.65. The summed E-state index contributed by atoms with van der Waals surface area (Å²) in [5.74, 6) is 1.10. The Morgan fingerprint density at radius 3 is 3.00 bits per heavy atom. The van der Waals surface area contributed by atoms with Crippen LogP contribution in [0.25, 0.3) is 0 Å². The zero-order valence-corrected chi connectivity index (χ0v) is 17.3. The lowest BCUT2D eigenvalue weighted by molar-refractivity contribution is -0.124. The van der Waals surface area contributed by atoms with Crippen molar-refractivity contribution in [1.29, 1.82) is 0 Å². The fraction of sp³-hybridized carbons (Fsp3) is 0.400. The molecule has 8 heteroatoms. The number of carbonyl (C=O) groups is 2. The Morgan fingerprint density at radius 1 is 1.36 bits per heavy atom. The van der Waals surface area contributed by atoms with E-state index in [9.17, 15) is 9.59 Å². The van der Waals surface area contributed by atoms with Crippen LogP contribution >= 0.6 is 15.9 Å². The van der Waals surface area contributed by atoms with Crippen molar-refractivity contribution < 1.29 is 9.59 Å². The number of rotatable bonds is 8. The zero-order valence-electron chi connectivity index (χ0n) is 15.7. The Morgan fingerprint density at radius 2 is 2.21 bits per heavy atom. The largest absolute Gasteiger partial charge is 0.365 e. The van der Waals surface area contributed by atoms with Gasteiger partial charge in [0.2, 0.25) is 11.9 Å². The number of carbonyl (C=O) groups excluding carboxylic acids is 2. The molecule has 28 heavy (non-hydrogen) atoms. The molecule has 0 unspecified atom stereocenters. The molecule has 148 valence electrons. The van der Waals surface area contributed by atoms with E-state index < -0.39 is 0 Å². The van der Waals surface area contributed by atoms with Gasteiger partial charge in [0.15, 0.2) is 0 Å². The molecule has 1 heterocycles. The minimum atomic E-state index is -0.0610. The third-order valence-electron chi connectivity index (χ3n) is 4.75. The number of benzene rings is 1. The molecule has 1 aromatic heterocycles. The molecule has 3 rings (SSSR count). The van der Waals surface area contributed by atoms with Gasteiger partial charge in [-0.3, -0.25) is 9.59 Å². The summed E-state index contributed by atoms with van der Waals surface area (Å²) >= 11 is 3.48. The summed E-state index contributed by atoms with van der Waals surface area (Å²) in [6.45, 7) is 2.75. The second-order valence-corrected chi connectivity index (χ2v) is 7.69. The third-order valence-corrected chi connectivity index (χ3v) is 5.33. The average molecular weight is 446 g/mol. The van der Waals surface area contributed by atoms with Crippen molar-refractivity contribution in [3.05, 3.63) is 40.5 Å². The van der Waals surface area contributed by atoms with Gasteiger partial charge in [-0.25, -0.2) is 4.98 Å². The van der Waals surface area contributed by atoms with Gasteiger partial charge >= 0.3 is 0 Å². The summed E-state index contributed by atoms with van der Waals surface area (Å²) in [4.78, 5) is 32.2. The van der Waals surface area contributed by atoms with Gasteiger partial charge in [-0.1, -0.05) is 25.5 Å². The van der Waals surface area contributed by atoms with E-state index in [2.05, 4.69) is 41.8 Å². The van der Waals surface area contributed by atoms with Crippen molar-refractivity contribution >= 4 is 45.6 Å². The first-order valence-corrected chi connectivity index (χ1v) is 10.3. The van der Waals surface area contributed by atoms with E-state index in [0.29, 0.717) is 23.9 Å². The third kappa shape index (κ3) is 5.07. The van der Waals surface area contributed by atoms with E-state index in [-0.39, 0.29) is 17.9 Å². The number of aromatic nitrogens is 2. The maximum absolute atomic E-state index is 12.4. The van der Waals surface area contributed by atoms with Crippen LogP contribution in [0.15, 0.2) is 34.9 Å². The second-order valence-electron chi connectivity index (χ2n) is 6.84. The molecule has 3 N–H and O–H groups in total. The number of nitrogens with one attached hydrogen (secondary N) is 3. The Bertz CT molecular complexity index is 845. The molecule has 0 spiro atoms. The molecule has 2 atom stereocenters. The Kier molecular flexibility index (Phi) is 6.97. The number of anilines is 3. The van der Waals surface area contributed by atoms with Crippen LogP contribution in [0.5, 0.6) is 0 Å². The molecule has 2 aromatic rings. The summed E-state index contributed by atoms with van der Waals surface area (Å²) in [5.41, 5.74) is 1.31. The highest BCUT2D eigenvalue weighted by Crippen LogP contribution is 2.31. The topological polar surface area (TPSA) is 96.0 Å². The zero-order chi connectivity index (χ0) is 19.9. The van der Waals surface area contributed by atoms with Crippen molar-refractivity contribution in [2.24, 2.45) is 5.92 Å². The molecule has 1 amide bonds. The molecule has 1 saturated carbocycles. The lowest BCUT2D eigenvalue weighted by Crippen LogP contribution is -2.38. The molecule has 0 bridgehead atoms. The quantitative estimate of drug-likeness (QED) is 0.533. The van der Waals surface area contributed by atoms with Gasteiger partial charge in [-0.05, 0) is 47.3 Å². The molecular weight excluding hydrogens is 422 g/mol. The van der Waals surface area contributed by atoms with Crippen LogP contribution in [0.2, 0.25) is 0 Å². The van der Waals surface area contributed by atoms with Crippen molar-refractivity contribution in [3.63, 3.8) is 0 Å². The predicted molar refractivity (Wildman–Crippen MR) is 113 cm³/mol. The molecule has 0 saturated heterocycles. The van der Waals surface area contributed by atoms with Gasteiger partial charge in [-0.2, -0.15) is 4.98 Å². The summed E-state index contributed by atoms with van der Waals surface area (Å²) < 4.78 is 0.735. The standard InChI is InChI=1S/C20H24BrN5O2/c1-2-9-22-19(28)15-7-4-8-17(15)25-18-16(21)11-23-20(26-18)24-14-6-3-5-13(10-14)12-27/h3,5-6,10-12,15,17H,2,4,7-9H2,1H3,(H,22,28)(H2,23,24,25,26)/t15-,17+/m0/s1. The first-order chi connectivity index (χ1) is 13.6. The van der Waals surface area contributed by atoms with Gasteiger partial charge in [0.25, 0.3) is 0 Å². The van der Waals surface area contributed by atoms with E-state index in [1.54, 1.807) is 24.4 Å². The first kappa shape index (κ1) is 20.3. The first-order valence-electron chi connectivity index (χ1n) is 9.49. The number of halogens is 1. The summed E-state index contributed by atoms with van der Waals surface area (Å²) in [7, 11) is 0. The number of hydrogen-bond acceptors (Lipinski definition) is 6. The van der Waals surface area contributed by atoms with Crippen LogP contribution in [0, 0.1) is 5.92 Å². The second kappa shape index (κ2) is 9.64. The van der Waals surface area contributed by atoms with Crippen molar-refractivity contribution in [2.75, 3.05) is 17.2 Å². The van der Waals surface area contributed by atoms with Crippen molar-refractivity contribution in [1.82, 2.24) is 15.3 Å². The molecule has 0 aliphatic heterocycles. The van der Waals surface area contributed by atoms with Crippen LogP contribution in [-0.2, 0) is 4.79 Å².